The number of rotatable bonds is 2. The van der Waals surface area contributed by atoms with Crippen molar-refractivity contribution in [2.24, 2.45) is 5.84 Å². The number of nitrogens with two attached hydrogens (primary N) is 1. The second-order valence-electron chi connectivity index (χ2n) is 3.26. The van der Waals surface area contributed by atoms with Gasteiger partial charge in [-0.1, -0.05) is 24.3 Å². The van der Waals surface area contributed by atoms with E-state index in [1.165, 1.54) is 7.11 Å². The first-order chi connectivity index (χ1) is 7.22. The highest BCUT2D eigenvalue weighted by atomic mass is 16.5. The van der Waals surface area contributed by atoms with Crippen LogP contribution in [0, 0.1) is 5.21 Å². The number of methoxy groups -OCH3 is 1. The lowest BCUT2D eigenvalue weighted by molar-refractivity contribution is -0.789. The first-order valence-electron chi connectivity index (χ1n) is 4.59. The molecule has 0 aliphatic rings. The molecule has 4 nitrogen and oxygen atoms in total. The van der Waals surface area contributed by atoms with Crippen molar-refractivity contribution in [1.29, 1.82) is 0 Å². The summed E-state index contributed by atoms with van der Waals surface area (Å²) in [5, 5.41) is 12.7. The van der Waals surface area contributed by atoms with Gasteiger partial charge in [0.15, 0.2) is 11.4 Å². The van der Waals surface area contributed by atoms with Crippen LogP contribution in [-0.4, -0.2) is 7.11 Å². The van der Waals surface area contributed by atoms with Crippen LogP contribution in [-0.2, 0) is 0 Å². The van der Waals surface area contributed by atoms with Crippen LogP contribution in [0.15, 0.2) is 36.4 Å². The van der Waals surface area contributed by atoms with Crippen molar-refractivity contribution in [2.45, 2.75) is 0 Å². The van der Waals surface area contributed by atoms with E-state index >= 15 is 0 Å². The van der Waals surface area contributed by atoms with Crippen LogP contribution in [0.25, 0.3) is 10.8 Å². The van der Waals surface area contributed by atoms with Crippen molar-refractivity contribution >= 4 is 16.5 Å². The number of nitrogen functional groups attached to an aromatic ring is 1. The highest BCUT2D eigenvalue weighted by molar-refractivity contribution is 5.87. The SMILES string of the molecule is COc1cc2ccccc2cc1[NH+](N)[O-]. The van der Waals surface area contributed by atoms with Crippen LogP contribution < -0.4 is 15.8 Å². The average Bonchev–Trinajstić information content (AvgIpc) is 2.27. The fraction of sp³-hybridized carbons (Fsp3) is 0.0909. The van der Waals surface area contributed by atoms with Gasteiger partial charge in [-0.15, -0.1) is 0 Å². The molecular weight excluding hydrogens is 192 g/mol. The Hall–Kier alpha value is -1.62. The van der Waals surface area contributed by atoms with Gasteiger partial charge in [0, 0.05) is 6.07 Å². The van der Waals surface area contributed by atoms with Crippen LogP contribution in [0.4, 0.5) is 5.69 Å². The summed E-state index contributed by atoms with van der Waals surface area (Å²) in [6.07, 6.45) is 0. The minimum Gasteiger partial charge on any atom is -0.608 e. The summed E-state index contributed by atoms with van der Waals surface area (Å²) in [7, 11) is 1.52. The van der Waals surface area contributed by atoms with Crippen molar-refractivity contribution in [1.82, 2.24) is 0 Å². The van der Waals surface area contributed by atoms with Crippen LogP contribution in [0.5, 0.6) is 5.75 Å². The molecule has 0 aromatic heterocycles. The predicted octanol–water partition coefficient (Wildman–Crippen LogP) is 0.736. The smallest absolute Gasteiger partial charge is 0.193 e. The fourth-order valence-electron chi connectivity index (χ4n) is 1.58. The standard InChI is InChI=1S/C11H12N2O2/c1-15-11-7-9-5-3-2-4-8(9)6-10(11)13(12)14/h2-7,13H,12H2,1H3. The summed E-state index contributed by atoms with van der Waals surface area (Å²) < 4.78 is 5.11. The van der Waals surface area contributed by atoms with Gasteiger partial charge in [-0.3, -0.25) is 5.17 Å². The molecule has 1 atom stereocenters. The van der Waals surface area contributed by atoms with Crippen LogP contribution in [0.1, 0.15) is 0 Å². The topological polar surface area (TPSA) is 62.8 Å². The lowest BCUT2D eigenvalue weighted by Crippen LogP contribution is -3.08. The van der Waals surface area contributed by atoms with Crippen molar-refractivity contribution in [3.63, 3.8) is 0 Å². The van der Waals surface area contributed by atoms with Gasteiger partial charge in [-0.2, -0.15) is 5.84 Å². The Morgan fingerprint density at radius 2 is 1.80 bits per heavy atom. The van der Waals surface area contributed by atoms with E-state index in [9.17, 15) is 5.21 Å². The molecule has 0 amide bonds. The Balaban J connectivity index is 2.69. The molecule has 0 radical (unpaired) electrons. The second-order valence-corrected chi connectivity index (χ2v) is 3.26. The van der Waals surface area contributed by atoms with Gasteiger partial charge >= 0.3 is 0 Å². The molecule has 3 N–H and O–H groups in total. The number of ether oxygens (including phenoxy) is 1. The Labute approximate surface area is 87.4 Å². The number of quaternary nitrogens is 1. The van der Waals surface area contributed by atoms with E-state index in [-0.39, 0.29) is 0 Å². The Morgan fingerprint density at radius 1 is 1.20 bits per heavy atom. The maximum Gasteiger partial charge on any atom is 0.193 e. The fourth-order valence-corrected chi connectivity index (χ4v) is 1.58. The molecule has 0 aliphatic carbocycles. The zero-order valence-electron chi connectivity index (χ0n) is 8.36. The number of hydrogen-bond donors (Lipinski definition) is 2. The minimum atomic E-state index is -0.474. The number of benzene rings is 2. The van der Waals surface area contributed by atoms with Gasteiger partial charge in [-0.25, -0.2) is 0 Å². The highest BCUT2D eigenvalue weighted by Crippen LogP contribution is 2.27. The monoisotopic (exact) mass is 204 g/mol. The third-order valence-electron chi connectivity index (χ3n) is 2.33. The number of fused-ring (bicyclic) bond motifs is 1. The van der Waals surface area contributed by atoms with Gasteiger partial charge in [0.1, 0.15) is 0 Å². The highest BCUT2D eigenvalue weighted by Gasteiger charge is 2.09. The third-order valence-corrected chi connectivity index (χ3v) is 2.33. The normalized spacial score (nSPS) is 12.7. The average molecular weight is 204 g/mol. The Kier molecular flexibility index (Phi) is 2.55. The summed E-state index contributed by atoms with van der Waals surface area (Å²) in [5.74, 6) is 5.78. The molecule has 15 heavy (non-hydrogen) atoms. The minimum absolute atomic E-state index is 0.413. The molecule has 0 aliphatic heterocycles. The molecule has 78 valence electrons. The quantitative estimate of drug-likeness (QED) is 0.560. The first-order valence-corrected chi connectivity index (χ1v) is 4.59. The first kappa shape index (κ1) is 9.92. The molecule has 0 bridgehead atoms. The van der Waals surface area contributed by atoms with Crippen LogP contribution >= 0.6 is 0 Å². The lowest BCUT2D eigenvalue weighted by Gasteiger charge is -2.17. The lowest BCUT2D eigenvalue weighted by atomic mass is 10.1. The molecule has 2 aromatic rings. The molecule has 0 spiro atoms. The molecule has 2 aromatic carbocycles. The van der Waals surface area contributed by atoms with Gasteiger partial charge in [-0.05, 0) is 16.8 Å². The Morgan fingerprint density at radius 3 is 2.33 bits per heavy atom. The van der Waals surface area contributed by atoms with E-state index < -0.39 is 5.17 Å². The van der Waals surface area contributed by atoms with E-state index in [1.54, 1.807) is 6.07 Å². The van der Waals surface area contributed by atoms with E-state index in [0.29, 0.717) is 11.4 Å². The van der Waals surface area contributed by atoms with Gasteiger partial charge in [0.25, 0.3) is 0 Å². The number of hydrogen-bond acceptors (Lipinski definition) is 3. The van der Waals surface area contributed by atoms with Crippen LogP contribution in [0.2, 0.25) is 0 Å². The predicted molar refractivity (Wildman–Crippen MR) is 58.7 cm³/mol. The van der Waals surface area contributed by atoms with Crippen molar-refractivity contribution < 1.29 is 9.91 Å². The summed E-state index contributed by atoms with van der Waals surface area (Å²) in [6.45, 7) is 0. The van der Waals surface area contributed by atoms with Crippen molar-refractivity contribution in [3.05, 3.63) is 41.6 Å². The van der Waals surface area contributed by atoms with Gasteiger partial charge < -0.3 is 9.94 Å². The molecular formula is C11H12N2O2. The molecule has 0 saturated heterocycles. The summed E-state index contributed by atoms with van der Waals surface area (Å²) in [5.41, 5.74) is 0.413. The van der Waals surface area contributed by atoms with E-state index in [2.05, 4.69) is 0 Å². The molecule has 2 rings (SSSR count). The molecule has 1 unspecified atom stereocenters. The van der Waals surface area contributed by atoms with E-state index in [4.69, 9.17) is 10.6 Å². The molecule has 0 heterocycles. The third kappa shape index (κ3) is 1.78. The zero-order valence-corrected chi connectivity index (χ0v) is 8.36. The molecule has 0 fully saturated rings. The van der Waals surface area contributed by atoms with Gasteiger partial charge in [0.05, 0.1) is 7.11 Å². The second kappa shape index (κ2) is 3.86. The Bertz CT molecular complexity index is 483. The van der Waals surface area contributed by atoms with Crippen molar-refractivity contribution in [2.75, 3.05) is 7.11 Å². The van der Waals surface area contributed by atoms with E-state index in [1.807, 2.05) is 30.3 Å². The van der Waals surface area contributed by atoms with Gasteiger partial charge in [0.2, 0.25) is 0 Å². The summed E-state index contributed by atoms with van der Waals surface area (Å²) >= 11 is 0. The maximum absolute atomic E-state index is 11.2. The number of nitrogens with one attached hydrogen (secondary N) is 1. The molecule has 4 heteroatoms. The maximum atomic E-state index is 11.2. The summed E-state index contributed by atoms with van der Waals surface area (Å²) in [4.78, 5) is 0. The summed E-state index contributed by atoms with van der Waals surface area (Å²) in [6, 6.07) is 11.3. The zero-order chi connectivity index (χ0) is 10.8. The van der Waals surface area contributed by atoms with E-state index in [0.717, 1.165) is 10.8 Å². The largest absolute Gasteiger partial charge is 0.608 e. The molecule has 0 saturated carbocycles. The van der Waals surface area contributed by atoms with Crippen molar-refractivity contribution in [3.8, 4) is 5.75 Å². The van der Waals surface area contributed by atoms with Crippen LogP contribution in [0.3, 0.4) is 0 Å².